The molecule has 3 aromatic rings. The van der Waals surface area contributed by atoms with Gasteiger partial charge in [-0.05, 0) is 42.5 Å². The number of nitrogens with zero attached hydrogens (tertiary/aromatic N) is 3. The van der Waals surface area contributed by atoms with E-state index < -0.39 is 17.8 Å². The lowest BCUT2D eigenvalue weighted by molar-refractivity contribution is -0.117. The van der Waals surface area contributed by atoms with E-state index in [1.54, 1.807) is 0 Å². The molecular formula is C18H16FN5O2S. The van der Waals surface area contributed by atoms with Crippen LogP contribution in [0.5, 0.6) is 0 Å². The van der Waals surface area contributed by atoms with E-state index in [1.165, 1.54) is 29.8 Å². The quantitative estimate of drug-likeness (QED) is 0.719. The summed E-state index contributed by atoms with van der Waals surface area (Å²) in [5.41, 5.74) is 5.23. The standard InChI is InChI=1S/C18H16FN5O2S/c19-13-4-3-10(8-12(13)15(20)25)23-17(26)14-2-1-6-24(14)16-11-5-7-27-18(11)22-9-21-16/h3-5,7-9,14H,1-2,6H2,(H2,20,25)(H,23,26). The van der Waals surface area contributed by atoms with Crippen LogP contribution in [0.25, 0.3) is 10.2 Å². The number of hydrogen-bond acceptors (Lipinski definition) is 6. The zero-order valence-corrected chi connectivity index (χ0v) is 15.0. The maximum atomic E-state index is 13.6. The lowest BCUT2D eigenvalue weighted by Crippen LogP contribution is -2.40. The fraction of sp³-hybridized carbons (Fsp3) is 0.222. The number of halogens is 1. The first-order valence-electron chi connectivity index (χ1n) is 8.39. The summed E-state index contributed by atoms with van der Waals surface area (Å²) >= 11 is 1.52. The predicted octanol–water partition coefficient (Wildman–Crippen LogP) is 2.54. The average molecular weight is 385 g/mol. The van der Waals surface area contributed by atoms with Crippen LogP contribution < -0.4 is 16.0 Å². The summed E-state index contributed by atoms with van der Waals surface area (Å²) in [5.74, 6) is -1.11. The molecule has 1 fully saturated rings. The molecule has 0 bridgehead atoms. The number of fused-ring (bicyclic) bond motifs is 1. The Hall–Kier alpha value is -3.07. The van der Waals surface area contributed by atoms with Gasteiger partial charge in [-0.1, -0.05) is 0 Å². The van der Waals surface area contributed by atoms with E-state index in [-0.39, 0.29) is 11.5 Å². The molecule has 7 nitrogen and oxygen atoms in total. The zero-order valence-electron chi connectivity index (χ0n) is 14.2. The second-order valence-corrected chi connectivity index (χ2v) is 7.13. The van der Waals surface area contributed by atoms with E-state index in [1.807, 2.05) is 16.3 Å². The molecule has 0 aliphatic carbocycles. The summed E-state index contributed by atoms with van der Waals surface area (Å²) < 4.78 is 13.6. The topological polar surface area (TPSA) is 101 Å². The largest absolute Gasteiger partial charge is 0.366 e. The molecule has 3 N–H and O–H groups in total. The van der Waals surface area contributed by atoms with Crippen LogP contribution in [0.1, 0.15) is 23.2 Å². The maximum Gasteiger partial charge on any atom is 0.251 e. The van der Waals surface area contributed by atoms with Gasteiger partial charge in [0.1, 0.15) is 28.8 Å². The molecule has 3 heterocycles. The van der Waals surface area contributed by atoms with Crippen molar-refractivity contribution < 1.29 is 14.0 Å². The molecule has 9 heteroatoms. The molecule has 0 saturated carbocycles. The molecule has 138 valence electrons. The Morgan fingerprint density at radius 2 is 2.15 bits per heavy atom. The second kappa shape index (κ2) is 6.92. The van der Waals surface area contributed by atoms with Crippen molar-refractivity contribution in [2.24, 2.45) is 5.73 Å². The Kier molecular flexibility index (Phi) is 4.44. The number of thiophene rings is 1. The van der Waals surface area contributed by atoms with Crippen LogP contribution in [0.3, 0.4) is 0 Å². The molecular weight excluding hydrogens is 369 g/mol. The Morgan fingerprint density at radius 1 is 1.30 bits per heavy atom. The number of nitrogens with two attached hydrogens (primary N) is 1. The number of primary amides is 1. The highest BCUT2D eigenvalue weighted by Crippen LogP contribution is 2.32. The van der Waals surface area contributed by atoms with Crippen molar-refractivity contribution in [3.63, 3.8) is 0 Å². The first-order chi connectivity index (χ1) is 13.0. The highest BCUT2D eigenvalue weighted by Gasteiger charge is 2.33. The Labute approximate surface area is 158 Å². The van der Waals surface area contributed by atoms with Crippen LogP contribution in [0.2, 0.25) is 0 Å². The van der Waals surface area contributed by atoms with Gasteiger partial charge in [-0.3, -0.25) is 9.59 Å². The summed E-state index contributed by atoms with van der Waals surface area (Å²) in [4.78, 5) is 35.6. The number of amides is 2. The molecule has 1 aliphatic heterocycles. The first-order valence-corrected chi connectivity index (χ1v) is 9.27. The van der Waals surface area contributed by atoms with Crippen molar-refractivity contribution in [3.05, 3.63) is 47.4 Å². The molecule has 0 spiro atoms. The van der Waals surface area contributed by atoms with Gasteiger partial charge in [0.25, 0.3) is 5.91 Å². The molecule has 0 radical (unpaired) electrons. The number of carbonyl (C=O) groups excluding carboxylic acids is 2. The SMILES string of the molecule is NC(=O)c1cc(NC(=O)C2CCCN2c2ncnc3sccc23)ccc1F. The minimum Gasteiger partial charge on any atom is -0.366 e. The van der Waals surface area contributed by atoms with Crippen LogP contribution >= 0.6 is 11.3 Å². The summed E-state index contributed by atoms with van der Waals surface area (Å²) in [6, 6.07) is 5.30. The van der Waals surface area contributed by atoms with Crippen molar-refractivity contribution in [3.8, 4) is 0 Å². The van der Waals surface area contributed by atoms with Crippen LogP contribution in [0.4, 0.5) is 15.9 Å². The van der Waals surface area contributed by atoms with E-state index in [0.29, 0.717) is 18.7 Å². The second-order valence-electron chi connectivity index (χ2n) is 6.24. The Bertz CT molecular complexity index is 1040. The van der Waals surface area contributed by atoms with Crippen molar-refractivity contribution >= 4 is 44.9 Å². The van der Waals surface area contributed by atoms with Crippen LogP contribution in [0.15, 0.2) is 36.0 Å². The first kappa shape index (κ1) is 17.3. The summed E-state index contributed by atoms with van der Waals surface area (Å²) in [6.07, 6.45) is 3.02. The third-order valence-corrected chi connectivity index (χ3v) is 5.39. The smallest absolute Gasteiger partial charge is 0.251 e. The van der Waals surface area contributed by atoms with Gasteiger partial charge in [0.15, 0.2) is 0 Å². The summed E-state index contributed by atoms with van der Waals surface area (Å²) in [6.45, 7) is 0.704. The monoisotopic (exact) mass is 385 g/mol. The zero-order chi connectivity index (χ0) is 19.0. The molecule has 27 heavy (non-hydrogen) atoms. The summed E-state index contributed by atoms with van der Waals surface area (Å²) in [7, 11) is 0. The third kappa shape index (κ3) is 3.21. The van der Waals surface area contributed by atoms with Crippen molar-refractivity contribution in [2.45, 2.75) is 18.9 Å². The Balaban J connectivity index is 1.59. The van der Waals surface area contributed by atoms with Crippen molar-refractivity contribution in [1.82, 2.24) is 9.97 Å². The van der Waals surface area contributed by atoms with E-state index in [4.69, 9.17) is 5.73 Å². The number of benzene rings is 1. The third-order valence-electron chi connectivity index (χ3n) is 4.57. The van der Waals surface area contributed by atoms with Gasteiger partial charge in [0.2, 0.25) is 5.91 Å². The van der Waals surface area contributed by atoms with Crippen LogP contribution in [-0.2, 0) is 4.79 Å². The van der Waals surface area contributed by atoms with Gasteiger partial charge in [-0.2, -0.15) is 0 Å². The van der Waals surface area contributed by atoms with Gasteiger partial charge in [0, 0.05) is 12.2 Å². The van der Waals surface area contributed by atoms with Gasteiger partial charge in [-0.25, -0.2) is 14.4 Å². The maximum absolute atomic E-state index is 13.6. The van der Waals surface area contributed by atoms with Crippen LogP contribution in [0, 0.1) is 5.82 Å². The molecule has 1 atom stereocenters. The van der Waals surface area contributed by atoms with Gasteiger partial charge < -0.3 is 16.0 Å². The highest BCUT2D eigenvalue weighted by atomic mass is 32.1. The van der Waals surface area contributed by atoms with E-state index in [2.05, 4.69) is 15.3 Å². The lowest BCUT2D eigenvalue weighted by Gasteiger charge is -2.25. The number of rotatable bonds is 4. The van der Waals surface area contributed by atoms with Gasteiger partial charge >= 0.3 is 0 Å². The van der Waals surface area contributed by atoms with E-state index in [9.17, 15) is 14.0 Å². The average Bonchev–Trinajstić information content (AvgIpc) is 3.31. The molecule has 1 saturated heterocycles. The fourth-order valence-electron chi connectivity index (χ4n) is 3.32. The summed E-state index contributed by atoms with van der Waals surface area (Å²) in [5, 5.41) is 5.61. The molecule has 2 aromatic heterocycles. The minimum absolute atomic E-state index is 0.239. The number of hydrogen-bond donors (Lipinski definition) is 2. The highest BCUT2D eigenvalue weighted by molar-refractivity contribution is 7.16. The molecule has 1 aromatic carbocycles. The van der Waals surface area contributed by atoms with Gasteiger partial charge in [-0.15, -0.1) is 11.3 Å². The Morgan fingerprint density at radius 3 is 2.96 bits per heavy atom. The molecule has 2 amide bonds. The van der Waals surface area contributed by atoms with Crippen LogP contribution in [-0.4, -0.2) is 34.4 Å². The number of nitrogens with one attached hydrogen (secondary N) is 1. The van der Waals surface area contributed by atoms with Crippen molar-refractivity contribution in [2.75, 3.05) is 16.8 Å². The number of carbonyl (C=O) groups is 2. The van der Waals surface area contributed by atoms with Crippen molar-refractivity contribution in [1.29, 1.82) is 0 Å². The predicted molar refractivity (Wildman–Crippen MR) is 101 cm³/mol. The molecule has 1 unspecified atom stereocenters. The number of aromatic nitrogens is 2. The fourth-order valence-corrected chi connectivity index (χ4v) is 4.04. The molecule has 1 aliphatic rings. The lowest BCUT2D eigenvalue weighted by atomic mass is 10.1. The molecule has 4 rings (SSSR count). The van der Waals surface area contributed by atoms with E-state index in [0.717, 1.165) is 28.5 Å². The normalized spacial score (nSPS) is 16.6. The van der Waals surface area contributed by atoms with Gasteiger partial charge in [0.05, 0.1) is 10.9 Å². The van der Waals surface area contributed by atoms with E-state index >= 15 is 0 Å². The minimum atomic E-state index is -0.882. The number of anilines is 2.